The number of pyridine rings is 2. The van der Waals surface area contributed by atoms with Gasteiger partial charge in [0, 0.05) is 27.6 Å². The number of hydrogen-bond acceptors (Lipinski definition) is 5. The Balaban J connectivity index is 1.51. The third-order valence-electron chi connectivity index (χ3n) is 7.20. The highest BCUT2D eigenvalue weighted by Crippen LogP contribution is 2.39. The topological polar surface area (TPSA) is 81.4 Å². The van der Waals surface area contributed by atoms with Crippen LogP contribution in [-0.4, -0.2) is 20.6 Å². The number of aromatic nitrogens is 2. The number of fused-ring (bicyclic) bond motifs is 5. The fraction of sp³-hybridized carbons (Fsp3) is 0.233. The fourth-order valence-electron chi connectivity index (χ4n) is 5.18. The van der Waals surface area contributed by atoms with Crippen molar-refractivity contribution in [2.45, 2.75) is 45.4 Å². The molecule has 36 heavy (non-hydrogen) atoms. The van der Waals surface area contributed by atoms with E-state index in [1.54, 1.807) is 17.6 Å². The van der Waals surface area contributed by atoms with Gasteiger partial charge in [0.15, 0.2) is 5.60 Å². The molecule has 178 valence electrons. The van der Waals surface area contributed by atoms with Gasteiger partial charge in [-0.15, -0.1) is 0 Å². The summed E-state index contributed by atoms with van der Waals surface area (Å²) in [7, 11) is 0. The first-order valence-corrected chi connectivity index (χ1v) is 12.1. The van der Waals surface area contributed by atoms with E-state index in [4.69, 9.17) is 9.72 Å². The van der Waals surface area contributed by atoms with Crippen molar-refractivity contribution in [3.05, 3.63) is 98.3 Å². The Morgan fingerprint density at radius 1 is 1.06 bits per heavy atom. The molecule has 6 rings (SSSR count). The molecule has 0 aliphatic carbocycles. The molecule has 4 heterocycles. The zero-order valence-electron chi connectivity index (χ0n) is 20.1. The van der Waals surface area contributed by atoms with Crippen molar-refractivity contribution in [1.29, 1.82) is 0 Å². The summed E-state index contributed by atoms with van der Waals surface area (Å²) in [5.41, 5.74) is 4.62. The van der Waals surface area contributed by atoms with Crippen LogP contribution in [0.3, 0.4) is 0 Å². The zero-order valence-corrected chi connectivity index (χ0v) is 20.1. The van der Waals surface area contributed by atoms with Crippen molar-refractivity contribution in [3.63, 3.8) is 0 Å². The fourth-order valence-corrected chi connectivity index (χ4v) is 5.18. The summed E-state index contributed by atoms with van der Waals surface area (Å²) in [4.78, 5) is 30.8. The molecule has 0 amide bonds. The maximum Gasteiger partial charge on any atom is 0.343 e. The van der Waals surface area contributed by atoms with E-state index in [-0.39, 0.29) is 18.6 Å². The summed E-state index contributed by atoms with van der Waals surface area (Å²) in [6, 6.07) is 17.8. The van der Waals surface area contributed by atoms with Gasteiger partial charge in [0.25, 0.3) is 5.56 Å². The first kappa shape index (κ1) is 22.3. The second kappa shape index (κ2) is 8.18. The minimum atomic E-state index is -1.83. The normalized spacial score (nSPS) is 17.6. The minimum Gasteiger partial charge on any atom is -0.458 e. The lowest BCUT2D eigenvalue weighted by Gasteiger charge is -2.31. The van der Waals surface area contributed by atoms with Crippen LogP contribution in [0.4, 0.5) is 0 Å². The lowest BCUT2D eigenvalue weighted by molar-refractivity contribution is -0.172. The number of rotatable bonds is 2. The number of carbonyl (C=O) groups excluding carboxylic acids is 1. The molecule has 2 aliphatic heterocycles. The molecule has 6 nitrogen and oxygen atoms in total. The molecule has 0 bridgehead atoms. The Kier molecular flexibility index (Phi) is 5.06. The van der Waals surface area contributed by atoms with Crippen LogP contribution >= 0.6 is 0 Å². The first-order chi connectivity index (χ1) is 17.4. The van der Waals surface area contributed by atoms with Gasteiger partial charge < -0.3 is 14.4 Å². The lowest BCUT2D eigenvalue weighted by atomic mass is 9.86. The maximum atomic E-state index is 13.4. The van der Waals surface area contributed by atoms with Gasteiger partial charge in [-0.1, -0.05) is 43.9 Å². The Morgan fingerprint density at radius 3 is 2.58 bits per heavy atom. The van der Waals surface area contributed by atoms with E-state index >= 15 is 0 Å². The number of aryl methyl sites for hydroxylation is 1. The Hall–Kier alpha value is -4.21. The van der Waals surface area contributed by atoms with Crippen molar-refractivity contribution in [3.8, 4) is 23.2 Å². The molecule has 1 atom stereocenters. The summed E-state index contributed by atoms with van der Waals surface area (Å²) in [5, 5.41) is 12.0. The number of cyclic esters (lactones) is 1. The highest BCUT2D eigenvalue weighted by Gasteiger charge is 2.45. The Labute approximate surface area is 208 Å². The number of benzene rings is 2. The van der Waals surface area contributed by atoms with Gasteiger partial charge in [0.1, 0.15) is 6.61 Å². The summed E-state index contributed by atoms with van der Waals surface area (Å²) >= 11 is 0. The molecule has 4 aromatic rings. The number of hydrogen-bond donors (Lipinski definition) is 1. The molecule has 0 fully saturated rings. The molecule has 1 N–H and O–H groups in total. The second-order valence-electron chi connectivity index (χ2n) is 9.28. The largest absolute Gasteiger partial charge is 0.458 e. The monoisotopic (exact) mass is 476 g/mol. The smallest absolute Gasteiger partial charge is 0.343 e. The van der Waals surface area contributed by atoms with E-state index in [0.717, 1.165) is 39.6 Å². The second-order valence-corrected chi connectivity index (χ2v) is 9.28. The van der Waals surface area contributed by atoms with E-state index in [1.807, 2.05) is 36.4 Å². The molecular weight excluding hydrogens is 452 g/mol. The Bertz CT molecular complexity index is 1690. The third-order valence-corrected chi connectivity index (χ3v) is 7.20. The highest BCUT2D eigenvalue weighted by atomic mass is 16.6. The standard InChI is InChI=1S/C30H24N2O4/c1-3-20-12-19(11-10-18-8-6-5-7-9-18)13-21-14-22-16-32-25(27(22)31-26(20)21)15-24-23(28(32)33)17-36-29(34)30(24,35)4-2/h5-9,12-15,35H,3-4,16-17H2,1-2H3/t30-/m0/s1. The van der Waals surface area contributed by atoms with Gasteiger partial charge in [0.05, 0.1) is 29.0 Å². The number of ether oxygens (including phenoxy) is 1. The SMILES string of the molecule is CCc1cc(C#Cc2ccccc2)cc2cc3c(nc12)-c1cc2c(c(=O)n1C3)COC(=O)[C@]2(O)CC. The molecule has 0 radical (unpaired) electrons. The average Bonchev–Trinajstić information content (AvgIpc) is 3.26. The van der Waals surface area contributed by atoms with Gasteiger partial charge in [-0.3, -0.25) is 4.79 Å². The van der Waals surface area contributed by atoms with Crippen LogP contribution in [0.15, 0.2) is 59.4 Å². The van der Waals surface area contributed by atoms with Gasteiger partial charge in [0.2, 0.25) is 0 Å². The van der Waals surface area contributed by atoms with Crippen LogP contribution in [0.25, 0.3) is 22.3 Å². The van der Waals surface area contributed by atoms with Crippen LogP contribution in [0.2, 0.25) is 0 Å². The molecule has 0 saturated carbocycles. The van der Waals surface area contributed by atoms with Gasteiger partial charge >= 0.3 is 5.97 Å². The summed E-state index contributed by atoms with van der Waals surface area (Å²) in [5.74, 6) is 5.77. The summed E-state index contributed by atoms with van der Waals surface area (Å²) in [6.07, 6.45) is 0.897. The summed E-state index contributed by atoms with van der Waals surface area (Å²) in [6.45, 7) is 4.02. The van der Waals surface area contributed by atoms with Crippen LogP contribution in [0.1, 0.15) is 53.6 Å². The van der Waals surface area contributed by atoms with Gasteiger partial charge in [-0.25, -0.2) is 9.78 Å². The molecule has 2 aliphatic rings. The predicted molar refractivity (Wildman–Crippen MR) is 136 cm³/mol. The molecule has 0 saturated heterocycles. The number of carbonyl (C=O) groups is 1. The summed E-state index contributed by atoms with van der Waals surface area (Å²) < 4.78 is 6.82. The molecule has 6 heteroatoms. The van der Waals surface area contributed by atoms with Crippen LogP contribution in [-0.2, 0) is 34.7 Å². The van der Waals surface area contributed by atoms with E-state index in [1.165, 1.54) is 0 Å². The zero-order chi connectivity index (χ0) is 25.0. The van der Waals surface area contributed by atoms with Crippen LogP contribution < -0.4 is 5.56 Å². The number of nitrogens with zero attached hydrogens (tertiary/aromatic N) is 2. The van der Waals surface area contributed by atoms with E-state index in [9.17, 15) is 14.7 Å². The van der Waals surface area contributed by atoms with Crippen molar-refractivity contribution >= 4 is 16.9 Å². The third kappa shape index (κ3) is 3.28. The Morgan fingerprint density at radius 2 is 1.83 bits per heavy atom. The first-order valence-electron chi connectivity index (χ1n) is 12.1. The molecule has 2 aromatic heterocycles. The van der Waals surface area contributed by atoms with Crippen molar-refractivity contribution in [2.24, 2.45) is 0 Å². The molecule has 2 aromatic carbocycles. The average molecular weight is 477 g/mol. The van der Waals surface area contributed by atoms with Crippen molar-refractivity contribution < 1.29 is 14.6 Å². The van der Waals surface area contributed by atoms with Crippen molar-refractivity contribution in [2.75, 3.05) is 0 Å². The van der Waals surface area contributed by atoms with Crippen LogP contribution in [0.5, 0.6) is 0 Å². The maximum absolute atomic E-state index is 13.4. The van der Waals surface area contributed by atoms with E-state index < -0.39 is 11.6 Å². The molecule has 0 unspecified atom stereocenters. The predicted octanol–water partition coefficient (Wildman–Crippen LogP) is 4.04. The number of esters is 1. The minimum absolute atomic E-state index is 0.118. The van der Waals surface area contributed by atoms with Crippen LogP contribution in [0, 0.1) is 11.8 Å². The van der Waals surface area contributed by atoms with Crippen molar-refractivity contribution in [1.82, 2.24) is 9.55 Å². The number of aliphatic hydroxyl groups is 1. The van der Waals surface area contributed by atoms with E-state index in [2.05, 4.69) is 30.9 Å². The molecular formula is C30H24N2O4. The highest BCUT2D eigenvalue weighted by molar-refractivity contribution is 5.89. The lowest BCUT2D eigenvalue weighted by Crippen LogP contribution is -2.44. The quantitative estimate of drug-likeness (QED) is 0.307. The van der Waals surface area contributed by atoms with Gasteiger partial charge in [-0.05, 0) is 54.8 Å². The molecule has 0 spiro atoms. The van der Waals surface area contributed by atoms with E-state index in [0.29, 0.717) is 29.1 Å². The van der Waals surface area contributed by atoms with Gasteiger partial charge in [-0.2, -0.15) is 0 Å².